The summed E-state index contributed by atoms with van der Waals surface area (Å²) < 4.78 is 5.38. The molecule has 2 aromatic rings. The minimum absolute atomic E-state index is 0.00821. The van der Waals surface area contributed by atoms with E-state index in [9.17, 15) is 14.9 Å². The van der Waals surface area contributed by atoms with Crippen molar-refractivity contribution in [2.75, 3.05) is 11.9 Å². The zero-order valence-corrected chi connectivity index (χ0v) is 14.3. The van der Waals surface area contributed by atoms with Crippen LogP contribution in [0.25, 0.3) is 0 Å². The molecule has 0 aromatic heterocycles. The lowest BCUT2D eigenvalue weighted by atomic mass is 10.1. The number of nitrogens with one attached hydrogen (secondary N) is 1. The van der Waals surface area contributed by atoms with Gasteiger partial charge in [0.15, 0.2) is 6.61 Å². The molecule has 0 saturated carbocycles. The number of aryl methyl sites for hydroxylation is 3. The number of benzene rings is 2. The highest BCUT2D eigenvalue weighted by Crippen LogP contribution is 2.27. The molecule has 0 radical (unpaired) electrons. The molecule has 126 valence electrons. The molecule has 0 fully saturated rings. The first-order chi connectivity index (χ1) is 11.3. The van der Waals surface area contributed by atoms with Crippen LogP contribution in [-0.4, -0.2) is 17.4 Å². The third-order valence-corrected chi connectivity index (χ3v) is 3.73. The maximum Gasteiger partial charge on any atom is 0.272 e. The van der Waals surface area contributed by atoms with Gasteiger partial charge in [0.2, 0.25) is 0 Å². The number of hydrogen-bond donors (Lipinski definition) is 1. The molecule has 0 bridgehead atoms. The van der Waals surface area contributed by atoms with Crippen molar-refractivity contribution in [2.45, 2.75) is 20.8 Å². The van der Waals surface area contributed by atoms with E-state index in [2.05, 4.69) is 5.32 Å². The summed E-state index contributed by atoms with van der Waals surface area (Å²) in [5, 5.41) is 14.0. The quantitative estimate of drug-likeness (QED) is 0.648. The predicted molar refractivity (Wildman–Crippen MR) is 92.9 cm³/mol. The largest absolute Gasteiger partial charge is 0.484 e. The molecule has 24 heavy (non-hydrogen) atoms. The number of ether oxygens (including phenoxy) is 1. The highest BCUT2D eigenvalue weighted by atomic mass is 35.5. The first kappa shape index (κ1) is 17.7. The molecular formula is C17H17ClN2O4. The molecule has 0 aliphatic carbocycles. The Morgan fingerprint density at radius 2 is 1.92 bits per heavy atom. The Hall–Kier alpha value is -2.60. The highest BCUT2D eigenvalue weighted by molar-refractivity contribution is 6.34. The fourth-order valence-corrected chi connectivity index (χ4v) is 2.69. The summed E-state index contributed by atoms with van der Waals surface area (Å²) in [5.74, 6) is 0.0276. The Labute approximate surface area is 144 Å². The summed E-state index contributed by atoms with van der Waals surface area (Å²) in [6.07, 6.45) is 0. The number of hydrogen-bond acceptors (Lipinski definition) is 4. The van der Waals surface area contributed by atoms with Crippen molar-refractivity contribution in [3.63, 3.8) is 0 Å². The summed E-state index contributed by atoms with van der Waals surface area (Å²) in [4.78, 5) is 22.3. The van der Waals surface area contributed by atoms with Gasteiger partial charge in [-0.05, 0) is 50.1 Å². The van der Waals surface area contributed by atoms with Crippen molar-refractivity contribution >= 4 is 28.9 Å². The molecule has 0 aliphatic heterocycles. The van der Waals surface area contributed by atoms with Gasteiger partial charge in [-0.3, -0.25) is 14.9 Å². The van der Waals surface area contributed by atoms with Gasteiger partial charge in [-0.25, -0.2) is 0 Å². The molecule has 1 N–H and O–H groups in total. The van der Waals surface area contributed by atoms with E-state index in [-0.39, 0.29) is 18.2 Å². The van der Waals surface area contributed by atoms with E-state index in [4.69, 9.17) is 16.3 Å². The molecule has 0 heterocycles. The molecule has 0 unspecified atom stereocenters. The van der Waals surface area contributed by atoms with E-state index < -0.39 is 4.92 Å². The van der Waals surface area contributed by atoms with Gasteiger partial charge in [-0.15, -0.1) is 0 Å². The molecule has 0 aliphatic rings. The first-order valence-electron chi connectivity index (χ1n) is 7.22. The minimum Gasteiger partial charge on any atom is -0.484 e. The topological polar surface area (TPSA) is 81.5 Å². The van der Waals surface area contributed by atoms with Gasteiger partial charge < -0.3 is 10.1 Å². The van der Waals surface area contributed by atoms with Crippen LogP contribution >= 0.6 is 11.6 Å². The van der Waals surface area contributed by atoms with Crippen LogP contribution in [0.3, 0.4) is 0 Å². The van der Waals surface area contributed by atoms with Gasteiger partial charge in [-0.2, -0.15) is 0 Å². The summed E-state index contributed by atoms with van der Waals surface area (Å²) in [6, 6.07) is 8.02. The zero-order valence-electron chi connectivity index (χ0n) is 13.6. The average Bonchev–Trinajstić information content (AvgIpc) is 2.48. The molecule has 0 spiro atoms. The third-order valence-electron chi connectivity index (χ3n) is 3.43. The van der Waals surface area contributed by atoms with Crippen molar-refractivity contribution < 1.29 is 14.5 Å². The van der Waals surface area contributed by atoms with E-state index in [0.29, 0.717) is 22.0 Å². The Morgan fingerprint density at radius 3 is 2.50 bits per heavy atom. The Morgan fingerprint density at radius 1 is 1.21 bits per heavy atom. The van der Waals surface area contributed by atoms with Crippen LogP contribution in [0.5, 0.6) is 5.75 Å². The maximum atomic E-state index is 12.0. The summed E-state index contributed by atoms with van der Waals surface area (Å²) >= 11 is 6.14. The maximum absolute atomic E-state index is 12.0. The van der Waals surface area contributed by atoms with E-state index >= 15 is 0 Å². The van der Waals surface area contributed by atoms with E-state index in [1.807, 2.05) is 19.9 Å². The Kier molecular flexibility index (Phi) is 5.41. The average molecular weight is 349 g/mol. The standard InChI is InChI=1S/C17H17ClN2O4/c1-10-6-12(3)17(14(18)7-10)19-16(21)9-24-13-4-5-15(20(22)23)11(2)8-13/h4-8H,9H2,1-3H3,(H,19,21). The first-order valence-corrected chi connectivity index (χ1v) is 7.60. The Bertz CT molecular complexity index is 782. The number of nitro groups is 1. The second-order valence-electron chi connectivity index (χ2n) is 5.48. The second-order valence-corrected chi connectivity index (χ2v) is 5.89. The van der Waals surface area contributed by atoms with E-state index in [1.54, 1.807) is 13.0 Å². The SMILES string of the molecule is Cc1cc(C)c(NC(=O)COc2ccc([N+](=O)[O-])c(C)c2)c(Cl)c1. The number of carbonyl (C=O) groups excluding carboxylic acids is 1. The van der Waals surface area contributed by atoms with E-state index in [0.717, 1.165) is 11.1 Å². The normalized spacial score (nSPS) is 10.3. The predicted octanol–water partition coefficient (Wildman–Crippen LogP) is 4.19. The molecule has 0 saturated heterocycles. The van der Waals surface area contributed by atoms with Crippen LogP contribution in [0.2, 0.25) is 5.02 Å². The summed E-state index contributed by atoms with van der Waals surface area (Å²) in [7, 11) is 0. The smallest absolute Gasteiger partial charge is 0.272 e. The third kappa shape index (κ3) is 4.23. The van der Waals surface area contributed by atoms with Crippen LogP contribution in [0, 0.1) is 30.9 Å². The lowest BCUT2D eigenvalue weighted by Crippen LogP contribution is -2.21. The van der Waals surface area contributed by atoms with Gasteiger partial charge in [0.1, 0.15) is 5.75 Å². The number of rotatable bonds is 5. The number of carbonyl (C=O) groups is 1. The fraction of sp³-hybridized carbons (Fsp3) is 0.235. The van der Waals surface area contributed by atoms with E-state index in [1.165, 1.54) is 18.2 Å². The number of amides is 1. The van der Waals surface area contributed by atoms with Gasteiger partial charge in [0.25, 0.3) is 11.6 Å². The second kappa shape index (κ2) is 7.31. The number of anilines is 1. The van der Waals surface area contributed by atoms with Crippen molar-refractivity contribution in [3.05, 3.63) is 62.2 Å². The van der Waals surface area contributed by atoms with Gasteiger partial charge >= 0.3 is 0 Å². The van der Waals surface area contributed by atoms with Crippen LogP contribution in [0.4, 0.5) is 11.4 Å². The number of halogens is 1. The lowest BCUT2D eigenvalue weighted by molar-refractivity contribution is -0.385. The zero-order chi connectivity index (χ0) is 17.9. The van der Waals surface area contributed by atoms with Crippen LogP contribution < -0.4 is 10.1 Å². The van der Waals surface area contributed by atoms with Gasteiger partial charge in [0.05, 0.1) is 15.6 Å². The highest BCUT2D eigenvalue weighted by Gasteiger charge is 2.13. The Balaban J connectivity index is 2.02. The molecule has 2 aromatic carbocycles. The fourth-order valence-electron chi connectivity index (χ4n) is 2.32. The van der Waals surface area contributed by atoms with Crippen molar-refractivity contribution in [3.8, 4) is 5.75 Å². The number of nitro benzene ring substituents is 1. The summed E-state index contributed by atoms with van der Waals surface area (Å²) in [6.45, 7) is 5.17. The number of nitrogens with zero attached hydrogens (tertiary/aromatic N) is 1. The van der Waals surface area contributed by atoms with Crippen LogP contribution in [-0.2, 0) is 4.79 Å². The summed E-state index contributed by atoms with van der Waals surface area (Å²) in [5.41, 5.74) is 2.90. The van der Waals surface area contributed by atoms with Crippen LogP contribution in [0.1, 0.15) is 16.7 Å². The molecule has 7 heteroatoms. The van der Waals surface area contributed by atoms with Crippen molar-refractivity contribution in [2.24, 2.45) is 0 Å². The minimum atomic E-state index is -0.464. The van der Waals surface area contributed by atoms with Crippen LogP contribution in [0.15, 0.2) is 30.3 Å². The molecule has 1 amide bonds. The lowest BCUT2D eigenvalue weighted by Gasteiger charge is -2.12. The molecule has 2 rings (SSSR count). The van der Waals surface area contributed by atoms with Gasteiger partial charge in [0, 0.05) is 11.6 Å². The van der Waals surface area contributed by atoms with Gasteiger partial charge in [-0.1, -0.05) is 17.7 Å². The molecule has 0 atom stereocenters. The monoisotopic (exact) mass is 348 g/mol. The molecule has 6 nitrogen and oxygen atoms in total. The van der Waals surface area contributed by atoms with Crippen molar-refractivity contribution in [1.82, 2.24) is 0 Å². The van der Waals surface area contributed by atoms with Crippen molar-refractivity contribution in [1.29, 1.82) is 0 Å². The molecular weight excluding hydrogens is 332 g/mol.